The molecular formula is C14H15BrN2O3. The molecule has 0 unspecified atom stereocenters. The van der Waals surface area contributed by atoms with E-state index in [-0.39, 0.29) is 0 Å². The van der Waals surface area contributed by atoms with Crippen LogP contribution in [0.1, 0.15) is 10.5 Å². The summed E-state index contributed by atoms with van der Waals surface area (Å²) < 4.78 is 13.0. The maximum absolute atomic E-state index is 11.6. The van der Waals surface area contributed by atoms with Crippen LogP contribution in [0.25, 0.3) is 0 Å². The minimum Gasteiger partial charge on any atom is -0.492 e. The van der Waals surface area contributed by atoms with Gasteiger partial charge in [-0.05, 0) is 30.3 Å². The predicted octanol–water partition coefficient (Wildman–Crippen LogP) is 2.70. The Morgan fingerprint density at radius 2 is 2.05 bits per heavy atom. The summed E-state index contributed by atoms with van der Waals surface area (Å²) in [6.45, 7) is 0.942. The van der Waals surface area contributed by atoms with Crippen LogP contribution in [0.15, 0.2) is 41.0 Å². The van der Waals surface area contributed by atoms with E-state index in [0.717, 1.165) is 10.2 Å². The summed E-state index contributed by atoms with van der Waals surface area (Å²) in [6, 6.07) is 9.14. The van der Waals surface area contributed by atoms with E-state index in [1.165, 1.54) is 7.11 Å². The predicted molar refractivity (Wildman–Crippen MR) is 79.8 cm³/mol. The number of nitrogen functional groups attached to an aromatic ring is 1. The van der Waals surface area contributed by atoms with E-state index in [9.17, 15) is 4.79 Å². The minimum atomic E-state index is -0.412. The molecular weight excluding hydrogens is 324 g/mol. The molecule has 20 heavy (non-hydrogen) atoms. The highest BCUT2D eigenvalue weighted by Crippen LogP contribution is 2.16. The number of carbonyl (C=O) groups excluding carboxylic acids is 1. The van der Waals surface area contributed by atoms with Crippen LogP contribution in [-0.4, -0.2) is 24.3 Å². The number of nitrogens with zero attached hydrogens (tertiary/aromatic N) is 1. The first-order valence-corrected chi connectivity index (χ1v) is 6.82. The molecule has 2 aromatic rings. The van der Waals surface area contributed by atoms with Crippen LogP contribution in [0.5, 0.6) is 5.75 Å². The molecule has 0 saturated heterocycles. The lowest BCUT2D eigenvalue weighted by Crippen LogP contribution is -2.14. The van der Waals surface area contributed by atoms with Crippen molar-refractivity contribution in [2.45, 2.75) is 6.54 Å². The average Bonchev–Trinajstić information content (AvgIpc) is 2.81. The Kier molecular flexibility index (Phi) is 4.68. The van der Waals surface area contributed by atoms with Gasteiger partial charge in [0.2, 0.25) is 0 Å². The zero-order valence-corrected chi connectivity index (χ0v) is 12.6. The van der Waals surface area contributed by atoms with Crippen LogP contribution in [0.4, 0.5) is 5.69 Å². The maximum Gasteiger partial charge on any atom is 0.354 e. The van der Waals surface area contributed by atoms with E-state index >= 15 is 0 Å². The highest BCUT2D eigenvalue weighted by Gasteiger charge is 2.12. The van der Waals surface area contributed by atoms with Gasteiger partial charge in [0.1, 0.15) is 18.1 Å². The first kappa shape index (κ1) is 14.5. The number of ether oxygens (including phenoxy) is 2. The molecule has 1 heterocycles. The molecule has 1 aromatic carbocycles. The van der Waals surface area contributed by atoms with Gasteiger partial charge in [0, 0.05) is 10.7 Å². The fourth-order valence-corrected chi connectivity index (χ4v) is 2.05. The van der Waals surface area contributed by atoms with Crippen molar-refractivity contribution in [1.29, 1.82) is 0 Å². The first-order valence-electron chi connectivity index (χ1n) is 6.02. The topological polar surface area (TPSA) is 66.5 Å². The summed E-state index contributed by atoms with van der Waals surface area (Å²) in [5.74, 6) is 0.360. The van der Waals surface area contributed by atoms with E-state index in [1.807, 2.05) is 24.3 Å². The van der Waals surface area contributed by atoms with E-state index < -0.39 is 5.97 Å². The molecule has 5 nitrogen and oxygen atoms in total. The summed E-state index contributed by atoms with van der Waals surface area (Å²) in [4.78, 5) is 11.6. The zero-order valence-electron chi connectivity index (χ0n) is 11.0. The molecule has 0 fully saturated rings. The van der Waals surface area contributed by atoms with Gasteiger partial charge in [0.25, 0.3) is 0 Å². The van der Waals surface area contributed by atoms with Gasteiger partial charge in [-0.1, -0.05) is 15.9 Å². The van der Waals surface area contributed by atoms with Crippen LogP contribution in [0.2, 0.25) is 0 Å². The number of anilines is 1. The lowest BCUT2D eigenvalue weighted by atomic mass is 10.3. The largest absolute Gasteiger partial charge is 0.492 e. The summed E-state index contributed by atoms with van der Waals surface area (Å²) in [7, 11) is 1.34. The monoisotopic (exact) mass is 338 g/mol. The molecule has 0 saturated carbocycles. The third-order valence-corrected chi connectivity index (χ3v) is 3.26. The Hall–Kier alpha value is -1.95. The third-order valence-electron chi connectivity index (χ3n) is 2.73. The number of methoxy groups -OCH3 is 1. The van der Waals surface area contributed by atoms with Crippen LogP contribution in [-0.2, 0) is 11.3 Å². The van der Waals surface area contributed by atoms with Crippen LogP contribution in [0, 0.1) is 0 Å². The Balaban J connectivity index is 1.97. The Morgan fingerprint density at radius 3 is 2.70 bits per heavy atom. The summed E-state index contributed by atoms with van der Waals surface area (Å²) in [6.07, 6.45) is 1.69. The number of hydrogen-bond acceptors (Lipinski definition) is 4. The zero-order chi connectivity index (χ0) is 14.5. The standard InChI is InChI=1S/C14H15BrN2O3/c1-19-14(18)13-8-11(16)9-17(13)6-7-20-12-4-2-10(15)3-5-12/h2-5,8-9H,6-7,16H2,1H3. The highest BCUT2D eigenvalue weighted by molar-refractivity contribution is 9.10. The van der Waals surface area contributed by atoms with Crippen LogP contribution in [0.3, 0.4) is 0 Å². The molecule has 0 radical (unpaired) electrons. The maximum atomic E-state index is 11.6. The smallest absolute Gasteiger partial charge is 0.354 e. The average molecular weight is 339 g/mol. The second kappa shape index (κ2) is 6.47. The van der Waals surface area contributed by atoms with Gasteiger partial charge < -0.3 is 19.8 Å². The fourth-order valence-electron chi connectivity index (χ4n) is 1.79. The minimum absolute atomic E-state index is 0.412. The molecule has 0 atom stereocenters. The van der Waals surface area contributed by atoms with Crippen molar-refractivity contribution in [3.8, 4) is 5.75 Å². The quantitative estimate of drug-likeness (QED) is 0.851. The molecule has 6 heteroatoms. The molecule has 106 valence electrons. The molecule has 2 rings (SSSR count). The normalized spacial score (nSPS) is 10.3. The van der Waals surface area contributed by atoms with E-state index in [4.69, 9.17) is 15.2 Å². The number of carbonyl (C=O) groups is 1. The van der Waals surface area contributed by atoms with E-state index in [2.05, 4.69) is 15.9 Å². The number of halogens is 1. The van der Waals surface area contributed by atoms with Crippen molar-refractivity contribution < 1.29 is 14.3 Å². The van der Waals surface area contributed by atoms with Crippen molar-refractivity contribution in [3.05, 3.63) is 46.7 Å². The Labute approximate surface area is 125 Å². The molecule has 2 N–H and O–H groups in total. The lowest BCUT2D eigenvalue weighted by Gasteiger charge is -2.09. The van der Waals surface area contributed by atoms with Crippen molar-refractivity contribution in [2.24, 2.45) is 0 Å². The SMILES string of the molecule is COC(=O)c1cc(N)cn1CCOc1ccc(Br)cc1. The number of esters is 1. The van der Waals surface area contributed by atoms with Crippen LogP contribution < -0.4 is 10.5 Å². The van der Waals surface area contributed by atoms with E-state index in [1.54, 1.807) is 16.8 Å². The van der Waals surface area contributed by atoms with E-state index in [0.29, 0.717) is 24.5 Å². The number of rotatable bonds is 5. The molecule has 0 spiro atoms. The second-order valence-corrected chi connectivity index (χ2v) is 5.06. The Bertz CT molecular complexity index is 593. The van der Waals surface area contributed by atoms with Crippen molar-refractivity contribution in [2.75, 3.05) is 19.5 Å². The van der Waals surface area contributed by atoms with Gasteiger partial charge >= 0.3 is 5.97 Å². The summed E-state index contributed by atoms with van der Waals surface area (Å²) >= 11 is 3.36. The Morgan fingerprint density at radius 1 is 1.35 bits per heavy atom. The van der Waals surface area contributed by atoms with Gasteiger partial charge in [0.15, 0.2) is 0 Å². The van der Waals surface area contributed by atoms with Gasteiger partial charge in [-0.2, -0.15) is 0 Å². The van der Waals surface area contributed by atoms with Gasteiger partial charge in [-0.3, -0.25) is 0 Å². The summed E-state index contributed by atoms with van der Waals surface area (Å²) in [5.41, 5.74) is 6.64. The fraction of sp³-hybridized carbons (Fsp3) is 0.214. The third kappa shape index (κ3) is 3.54. The molecule has 1 aromatic heterocycles. The molecule has 0 bridgehead atoms. The molecule has 0 amide bonds. The first-order chi connectivity index (χ1) is 9.60. The highest BCUT2D eigenvalue weighted by atomic mass is 79.9. The number of nitrogens with two attached hydrogens (primary N) is 1. The van der Waals surface area contributed by atoms with Crippen LogP contribution >= 0.6 is 15.9 Å². The van der Waals surface area contributed by atoms with Crippen molar-refractivity contribution in [3.63, 3.8) is 0 Å². The van der Waals surface area contributed by atoms with Gasteiger partial charge in [0.05, 0.1) is 19.3 Å². The molecule has 0 aliphatic rings. The van der Waals surface area contributed by atoms with Gasteiger partial charge in [-0.15, -0.1) is 0 Å². The number of hydrogen-bond donors (Lipinski definition) is 1. The lowest BCUT2D eigenvalue weighted by molar-refractivity contribution is 0.0587. The molecule has 0 aliphatic carbocycles. The summed E-state index contributed by atoms with van der Waals surface area (Å²) in [5, 5.41) is 0. The van der Waals surface area contributed by atoms with Crippen molar-refractivity contribution in [1.82, 2.24) is 4.57 Å². The number of benzene rings is 1. The molecule has 0 aliphatic heterocycles. The van der Waals surface area contributed by atoms with Gasteiger partial charge in [-0.25, -0.2) is 4.79 Å². The number of aromatic nitrogens is 1. The van der Waals surface area contributed by atoms with Crippen molar-refractivity contribution >= 4 is 27.6 Å². The second-order valence-electron chi connectivity index (χ2n) is 4.15.